The van der Waals surface area contributed by atoms with Crippen LogP contribution in [0, 0.1) is 24.7 Å². The van der Waals surface area contributed by atoms with E-state index in [1.165, 1.54) is 0 Å². The topological polar surface area (TPSA) is 105 Å². The number of halogens is 1. The molecule has 0 spiro atoms. The van der Waals surface area contributed by atoms with E-state index >= 15 is 0 Å². The van der Waals surface area contributed by atoms with Crippen molar-refractivity contribution in [2.45, 2.75) is 39.7 Å². The Morgan fingerprint density at radius 3 is 2.63 bits per heavy atom. The van der Waals surface area contributed by atoms with Gasteiger partial charge in [-0.25, -0.2) is 0 Å². The first-order valence-electron chi connectivity index (χ1n) is 11.3. The molecule has 180 valence electrons. The molecule has 0 bridgehead atoms. The Hall–Kier alpha value is -3.36. The Labute approximate surface area is 213 Å². The van der Waals surface area contributed by atoms with Crippen molar-refractivity contribution in [3.05, 3.63) is 80.9 Å². The molecular formula is C26H27ClN6OS. The normalized spacial score (nSPS) is 15.3. The average Bonchev–Trinajstić information content (AvgIpc) is 3.05. The molecule has 35 heavy (non-hydrogen) atoms. The fraction of sp³-hybridized carbons (Fsp3) is 0.269. The summed E-state index contributed by atoms with van der Waals surface area (Å²) in [6.07, 6.45) is 4.36. The van der Waals surface area contributed by atoms with Crippen molar-refractivity contribution >= 4 is 51.2 Å². The van der Waals surface area contributed by atoms with Gasteiger partial charge in [0.05, 0.1) is 5.71 Å². The van der Waals surface area contributed by atoms with Gasteiger partial charge in [0, 0.05) is 46.4 Å². The molecule has 1 unspecified atom stereocenters. The van der Waals surface area contributed by atoms with E-state index in [-0.39, 0.29) is 24.1 Å². The van der Waals surface area contributed by atoms with Crippen molar-refractivity contribution in [1.82, 2.24) is 10.3 Å². The highest BCUT2D eigenvalue weighted by Crippen LogP contribution is 2.39. The van der Waals surface area contributed by atoms with Gasteiger partial charge < -0.3 is 5.32 Å². The predicted molar refractivity (Wildman–Crippen MR) is 144 cm³/mol. The van der Waals surface area contributed by atoms with Crippen LogP contribution in [0.25, 0.3) is 0 Å². The van der Waals surface area contributed by atoms with Crippen LogP contribution in [0.15, 0.2) is 53.8 Å². The van der Waals surface area contributed by atoms with E-state index in [9.17, 15) is 4.79 Å². The predicted octanol–water partition coefficient (Wildman–Crippen LogP) is 5.16. The molecule has 1 aromatic carbocycles. The standard InChI is InChI=1S/C26H27ClN6OS/c1-15-16(2)35-26-23(15)24(19-7-9-20(27)10-8-19)32-21(25(29)33(26)17(3)28)14-31-22(34)11-6-18-5-4-12-30-13-18/h4-5,7-10,12-13,21,28-29H,6,11,14H2,1-3H3,(H,31,34). The summed E-state index contributed by atoms with van der Waals surface area (Å²) in [5.41, 5.74) is 4.59. The number of thiophene rings is 1. The number of aliphatic imine (C=N–C) groups is 1. The molecule has 9 heteroatoms. The summed E-state index contributed by atoms with van der Waals surface area (Å²) in [4.78, 5) is 24.4. The number of aryl methyl sites for hydroxylation is 2. The number of benzene rings is 1. The van der Waals surface area contributed by atoms with E-state index in [0.717, 1.165) is 37.8 Å². The largest absolute Gasteiger partial charge is 0.353 e. The smallest absolute Gasteiger partial charge is 0.220 e. The Kier molecular flexibility index (Phi) is 7.42. The zero-order valence-corrected chi connectivity index (χ0v) is 21.4. The van der Waals surface area contributed by atoms with E-state index in [1.54, 1.807) is 35.6 Å². The summed E-state index contributed by atoms with van der Waals surface area (Å²) in [7, 11) is 0. The molecule has 1 atom stereocenters. The second kappa shape index (κ2) is 10.5. The quantitative estimate of drug-likeness (QED) is 0.317. The first-order chi connectivity index (χ1) is 16.8. The maximum atomic E-state index is 12.6. The van der Waals surface area contributed by atoms with Gasteiger partial charge in [0.2, 0.25) is 5.91 Å². The van der Waals surface area contributed by atoms with Gasteiger partial charge in [0.25, 0.3) is 0 Å². The number of anilines is 1. The van der Waals surface area contributed by atoms with Gasteiger partial charge in [0.1, 0.15) is 22.7 Å². The SMILES string of the molecule is CC(=N)N1C(=N)C(CNC(=O)CCc2cccnc2)N=C(c2ccc(Cl)cc2)c2c1sc(C)c2C. The molecule has 0 aliphatic carbocycles. The highest BCUT2D eigenvalue weighted by atomic mass is 35.5. The number of amides is 1. The molecule has 7 nitrogen and oxygen atoms in total. The lowest BCUT2D eigenvalue weighted by atomic mass is 10.00. The molecule has 0 radical (unpaired) electrons. The van der Waals surface area contributed by atoms with E-state index in [1.807, 2.05) is 50.2 Å². The summed E-state index contributed by atoms with van der Waals surface area (Å²) in [6.45, 7) is 5.91. The van der Waals surface area contributed by atoms with Gasteiger partial charge in [0.15, 0.2) is 0 Å². The number of fused-ring (bicyclic) bond motifs is 1. The van der Waals surface area contributed by atoms with E-state index in [2.05, 4.69) is 10.3 Å². The minimum Gasteiger partial charge on any atom is -0.353 e. The van der Waals surface area contributed by atoms with Crippen LogP contribution in [0.5, 0.6) is 0 Å². The summed E-state index contributed by atoms with van der Waals surface area (Å²) in [5.74, 6) is 0.281. The van der Waals surface area contributed by atoms with Crippen molar-refractivity contribution in [3.63, 3.8) is 0 Å². The summed E-state index contributed by atoms with van der Waals surface area (Å²) in [6, 6.07) is 10.6. The molecule has 1 amide bonds. The molecule has 3 N–H and O–H groups in total. The Morgan fingerprint density at radius 1 is 1.23 bits per heavy atom. The van der Waals surface area contributed by atoms with Crippen LogP contribution in [-0.2, 0) is 11.2 Å². The monoisotopic (exact) mass is 506 g/mol. The highest BCUT2D eigenvalue weighted by molar-refractivity contribution is 7.17. The van der Waals surface area contributed by atoms with Crippen LogP contribution in [0.2, 0.25) is 5.02 Å². The number of hydrogen-bond donors (Lipinski definition) is 3. The fourth-order valence-corrected chi connectivity index (χ4v) is 5.34. The summed E-state index contributed by atoms with van der Waals surface area (Å²) >= 11 is 7.68. The molecule has 0 saturated carbocycles. The lowest BCUT2D eigenvalue weighted by Crippen LogP contribution is -2.45. The lowest BCUT2D eigenvalue weighted by Gasteiger charge is -2.25. The van der Waals surface area contributed by atoms with Gasteiger partial charge >= 0.3 is 0 Å². The maximum Gasteiger partial charge on any atom is 0.220 e. The Bertz CT molecular complexity index is 1300. The van der Waals surface area contributed by atoms with Gasteiger partial charge in [-0.3, -0.25) is 30.5 Å². The first-order valence-corrected chi connectivity index (χ1v) is 12.5. The van der Waals surface area contributed by atoms with Gasteiger partial charge in [-0.2, -0.15) is 0 Å². The van der Waals surface area contributed by atoms with Crippen LogP contribution in [0.4, 0.5) is 5.00 Å². The lowest BCUT2D eigenvalue weighted by molar-refractivity contribution is -0.121. The van der Waals surface area contributed by atoms with Gasteiger partial charge in [-0.15, -0.1) is 11.3 Å². The number of aromatic nitrogens is 1. The van der Waals surface area contributed by atoms with Crippen LogP contribution < -0.4 is 10.2 Å². The number of nitrogens with zero attached hydrogens (tertiary/aromatic N) is 3. The molecule has 2 aromatic heterocycles. The molecule has 3 aromatic rings. The van der Waals surface area contributed by atoms with E-state index < -0.39 is 6.04 Å². The van der Waals surface area contributed by atoms with Crippen molar-refractivity contribution in [2.24, 2.45) is 4.99 Å². The van der Waals surface area contributed by atoms with Crippen molar-refractivity contribution in [1.29, 1.82) is 10.8 Å². The molecule has 1 aliphatic rings. The highest BCUT2D eigenvalue weighted by Gasteiger charge is 2.34. The maximum absolute atomic E-state index is 12.6. The summed E-state index contributed by atoms with van der Waals surface area (Å²) in [5, 5.41) is 21.8. The molecule has 3 heterocycles. The van der Waals surface area contributed by atoms with Crippen LogP contribution in [0.1, 0.15) is 40.5 Å². The number of rotatable bonds is 6. The Balaban J connectivity index is 1.66. The molecule has 1 aliphatic heterocycles. The number of hydrogen-bond acceptors (Lipinski definition) is 6. The Morgan fingerprint density at radius 2 is 1.97 bits per heavy atom. The number of nitrogens with one attached hydrogen (secondary N) is 3. The molecule has 0 saturated heterocycles. The van der Waals surface area contributed by atoms with E-state index in [0.29, 0.717) is 17.9 Å². The number of carbonyl (C=O) groups excluding carboxylic acids is 1. The van der Waals surface area contributed by atoms with Gasteiger partial charge in [-0.05, 0) is 56.5 Å². The van der Waals surface area contributed by atoms with E-state index in [4.69, 9.17) is 27.4 Å². The van der Waals surface area contributed by atoms with Crippen LogP contribution in [-0.4, -0.2) is 40.9 Å². The second-order valence-electron chi connectivity index (χ2n) is 8.44. The second-order valence-corrected chi connectivity index (χ2v) is 10.1. The minimum absolute atomic E-state index is 0.117. The third kappa shape index (κ3) is 5.33. The number of carbonyl (C=O) groups is 1. The summed E-state index contributed by atoms with van der Waals surface area (Å²) < 4.78 is 0. The van der Waals surface area contributed by atoms with Crippen molar-refractivity contribution < 1.29 is 4.79 Å². The van der Waals surface area contributed by atoms with Crippen LogP contribution >= 0.6 is 22.9 Å². The number of amidine groups is 2. The third-order valence-corrected chi connectivity index (χ3v) is 7.40. The zero-order chi connectivity index (χ0) is 25.1. The number of pyridine rings is 1. The average molecular weight is 507 g/mol. The van der Waals surface area contributed by atoms with Crippen LogP contribution in [0.3, 0.4) is 0 Å². The first kappa shape index (κ1) is 24.8. The minimum atomic E-state index is -0.650. The fourth-order valence-electron chi connectivity index (χ4n) is 3.99. The van der Waals surface area contributed by atoms with Crippen molar-refractivity contribution in [2.75, 3.05) is 11.4 Å². The zero-order valence-electron chi connectivity index (χ0n) is 19.9. The molecule has 0 fully saturated rings. The van der Waals surface area contributed by atoms with Crippen molar-refractivity contribution in [3.8, 4) is 0 Å². The molecular weight excluding hydrogens is 480 g/mol. The van der Waals surface area contributed by atoms with Gasteiger partial charge in [-0.1, -0.05) is 29.8 Å². The molecule has 4 rings (SSSR count). The third-order valence-electron chi connectivity index (χ3n) is 5.96.